The van der Waals surface area contributed by atoms with E-state index in [1.54, 1.807) is 11.3 Å². The van der Waals surface area contributed by atoms with Gasteiger partial charge in [-0.2, -0.15) is 0 Å². The summed E-state index contributed by atoms with van der Waals surface area (Å²) in [5.41, 5.74) is 6.73. The first kappa shape index (κ1) is 12.0. The first-order valence-corrected chi connectivity index (χ1v) is 6.84. The zero-order valence-corrected chi connectivity index (χ0v) is 10.9. The number of aryl methyl sites for hydroxylation is 1. The SMILES string of the molecule is CCc1nc(C2(C)CCCCO2)sc1CN. The highest BCUT2D eigenvalue weighted by Crippen LogP contribution is 2.37. The molecule has 90 valence electrons. The van der Waals surface area contributed by atoms with Gasteiger partial charge in [-0.25, -0.2) is 4.98 Å². The first-order chi connectivity index (χ1) is 7.69. The quantitative estimate of drug-likeness (QED) is 0.883. The largest absolute Gasteiger partial charge is 0.368 e. The maximum absolute atomic E-state index is 5.92. The predicted octanol–water partition coefficient (Wildman–Crippen LogP) is 2.58. The molecule has 1 fully saturated rings. The van der Waals surface area contributed by atoms with Crippen LogP contribution in [-0.2, 0) is 23.3 Å². The van der Waals surface area contributed by atoms with Crippen molar-refractivity contribution in [1.82, 2.24) is 4.98 Å². The molecule has 1 atom stereocenters. The van der Waals surface area contributed by atoms with E-state index in [-0.39, 0.29) is 5.60 Å². The zero-order valence-electron chi connectivity index (χ0n) is 10.1. The van der Waals surface area contributed by atoms with Crippen molar-refractivity contribution in [3.8, 4) is 0 Å². The second kappa shape index (κ2) is 4.82. The first-order valence-electron chi connectivity index (χ1n) is 6.02. The lowest BCUT2D eigenvalue weighted by molar-refractivity contribution is -0.0702. The van der Waals surface area contributed by atoms with Crippen LogP contribution in [-0.4, -0.2) is 11.6 Å². The number of hydrogen-bond donors (Lipinski definition) is 1. The summed E-state index contributed by atoms with van der Waals surface area (Å²) in [6, 6.07) is 0. The fourth-order valence-corrected chi connectivity index (χ4v) is 3.31. The Bertz CT molecular complexity index is 334. The van der Waals surface area contributed by atoms with E-state index in [1.807, 2.05) is 0 Å². The molecule has 2 rings (SSSR count). The standard InChI is InChI=1S/C12H20N2OS/c1-3-9-10(8-13)16-11(14-9)12(2)6-4-5-7-15-12/h3-8,13H2,1-2H3. The predicted molar refractivity (Wildman–Crippen MR) is 66.5 cm³/mol. The van der Waals surface area contributed by atoms with Gasteiger partial charge in [0.15, 0.2) is 0 Å². The van der Waals surface area contributed by atoms with E-state index < -0.39 is 0 Å². The minimum absolute atomic E-state index is 0.166. The van der Waals surface area contributed by atoms with Gasteiger partial charge in [-0.1, -0.05) is 6.92 Å². The van der Waals surface area contributed by atoms with Crippen LogP contribution in [0.2, 0.25) is 0 Å². The second-order valence-electron chi connectivity index (χ2n) is 4.48. The monoisotopic (exact) mass is 240 g/mol. The molecule has 3 nitrogen and oxygen atoms in total. The normalized spacial score (nSPS) is 25.9. The van der Waals surface area contributed by atoms with Gasteiger partial charge >= 0.3 is 0 Å². The molecule has 0 spiro atoms. The van der Waals surface area contributed by atoms with Gasteiger partial charge in [-0.3, -0.25) is 0 Å². The van der Waals surface area contributed by atoms with E-state index >= 15 is 0 Å². The lowest BCUT2D eigenvalue weighted by Gasteiger charge is -2.31. The molecule has 1 unspecified atom stereocenters. The van der Waals surface area contributed by atoms with Crippen LogP contribution in [0.3, 0.4) is 0 Å². The topological polar surface area (TPSA) is 48.1 Å². The molecule has 0 saturated carbocycles. The van der Waals surface area contributed by atoms with Crippen molar-refractivity contribution < 1.29 is 4.74 Å². The lowest BCUT2D eigenvalue weighted by atomic mass is 9.97. The van der Waals surface area contributed by atoms with Crippen LogP contribution in [0.5, 0.6) is 0 Å². The highest BCUT2D eigenvalue weighted by atomic mass is 32.1. The number of thiazole rings is 1. The van der Waals surface area contributed by atoms with E-state index in [1.165, 1.54) is 17.7 Å². The number of ether oxygens (including phenoxy) is 1. The highest BCUT2D eigenvalue weighted by Gasteiger charge is 2.33. The molecule has 1 aliphatic heterocycles. The zero-order chi connectivity index (χ0) is 11.6. The molecule has 1 saturated heterocycles. The summed E-state index contributed by atoms with van der Waals surface area (Å²) in [7, 11) is 0. The number of hydrogen-bond acceptors (Lipinski definition) is 4. The minimum Gasteiger partial charge on any atom is -0.368 e. The smallest absolute Gasteiger partial charge is 0.125 e. The molecule has 1 aromatic rings. The molecule has 1 aliphatic rings. The summed E-state index contributed by atoms with van der Waals surface area (Å²) < 4.78 is 5.92. The van der Waals surface area contributed by atoms with Crippen molar-refractivity contribution in [1.29, 1.82) is 0 Å². The Hall–Kier alpha value is -0.450. The van der Waals surface area contributed by atoms with Gasteiger partial charge in [0, 0.05) is 18.0 Å². The van der Waals surface area contributed by atoms with Crippen LogP contribution in [0.1, 0.15) is 48.7 Å². The van der Waals surface area contributed by atoms with Crippen molar-refractivity contribution in [2.24, 2.45) is 5.73 Å². The molecule has 0 aliphatic carbocycles. The number of aromatic nitrogens is 1. The minimum atomic E-state index is -0.166. The molecule has 0 aromatic carbocycles. The van der Waals surface area contributed by atoms with E-state index in [2.05, 4.69) is 13.8 Å². The Kier molecular flexibility index (Phi) is 3.62. The van der Waals surface area contributed by atoms with Crippen molar-refractivity contribution in [3.05, 3.63) is 15.6 Å². The van der Waals surface area contributed by atoms with Gasteiger partial charge in [0.2, 0.25) is 0 Å². The molecule has 2 N–H and O–H groups in total. The summed E-state index contributed by atoms with van der Waals surface area (Å²) in [6.07, 6.45) is 4.44. The maximum Gasteiger partial charge on any atom is 0.125 e. The highest BCUT2D eigenvalue weighted by molar-refractivity contribution is 7.11. The summed E-state index contributed by atoms with van der Waals surface area (Å²) in [6.45, 7) is 5.74. The average Bonchev–Trinajstić information content (AvgIpc) is 2.73. The van der Waals surface area contributed by atoms with Crippen molar-refractivity contribution in [2.45, 2.75) is 51.7 Å². The average molecular weight is 240 g/mol. The van der Waals surface area contributed by atoms with Gasteiger partial charge in [0.1, 0.15) is 10.6 Å². The van der Waals surface area contributed by atoms with Crippen LogP contribution in [0.15, 0.2) is 0 Å². The van der Waals surface area contributed by atoms with Crippen LogP contribution in [0.4, 0.5) is 0 Å². The Balaban J connectivity index is 2.28. The van der Waals surface area contributed by atoms with Crippen molar-refractivity contribution in [2.75, 3.05) is 6.61 Å². The molecule has 16 heavy (non-hydrogen) atoms. The third-order valence-electron chi connectivity index (χ3n) is 3.22. The molecule has 4 heteroatoms. The number of rotatable bonds is 3. The fraction of sp³-hybridized carbons (Fsp3) is 0.750. The summed E-state index contributed by atoms with van der Waals surface area (Å²) in [4.78, 5) is 5.92. The van der Waals surface area contributed by atoms with Gasteiger partial charge in [-0.15, -0.1) is 11.3 Å². The van der Waals surface area contributed by atoms with Crippen LogP contribution >= 0.6 is 11.3 Å². The molecular weight excluding hydrogens is 220 g/mol. The molecule has 0 amide bonds. The number of nitrogens with two attached hydrogens (primary N) is 1. The van der Waals surface area contributed by atoms with Crippen LogP contribution in [0, 0.1) is 0 Å². The third kappa shape index (κ3) is 2.14. The Morgan fingerprint density at radius 3 is 2.81 bits per heavy atom. The van der Waals surface area contributed by atoms with Gasteiger partial charge < -0.3 is 10.5 Å². The maximum atomic E-state index is 5.92. The Morgan fingerprint density at radius 1 is 1.50 bits per heavy atom. The molecular formula is C12H20N2OS. The van der Waals surface area contributed by atoms with Crippen LogP contribution in [0.25, 0.3) is 0 Å². The Morgan fingerprint density at radius 2 is 2.31 bits per heavy atom. The number of nitrogens with zero attached hydrogens (tertiary/aromatic N) is 1. The van der Waals surface area contributed by atoms with Crippen LogP contribution < -0.4 is 5.73 Å². The Labute approximate surface area is 101 Å². The van der Waals surface area contributed by atoms with Crippen molar-refractivity contribution in [3.63, 3.8) is 0 Å². The fourth-order valence-electron chi connectivity index (χ4n) is 2.15. The second-order valence-corrected chi connectivity index (χ2v) is 5.57. The van der Waals surface area contributed by atoms with E-state index in [0.29, 0.717) is 6.54 Å². The molecule has 2 heterocycles. The van der Waals surface area contributed by atoms with Gasteiger partial charge in [-0.05, 0) is 32.6 Å². The van der Waals surface area contributed by atoms with E-state index in [9.17, 15) is 0 Å². The van der Waals surface area contributed by atoms with Gasteiger partial charge in [0.25, 0.3) is 0 Å². The molecule has 0 radical (unpaired) electrons. The van der Waals surface area contributed by atoms with Crippen molar-refractivity contribution >= 4 is 11.3 Å². The third-order valence-corrected chi connectivity index (χ3v) is 4.58. The summed E-state index contributed by atoms with van der Waals surface area (Å²) in [5.74, 6) is 0. The van der Waals surface area contributed by atoms with E-state index in [0.717, 1.165) is 30.2 Å². The lowest BCUT2D eigenvalue weighted by Crippen LogP contribution is -2.30. The summed E-state index contributed by atoms with van der Waals surface area (Å²) in [5, 5.41) is 1.12. The molecule has 0 bridgehead atoms. The molecule has 1 aromatic heterocycles. The van der Waals surface area contributed by atoms with E-state index in [4.69, 9.17) is 15.5 Å². The van der Waals surface area contributed by atoms with Gasteiger partial charge in [0.05, 0.1) is 5.69 Å². The summed E-state index contributed by atoms with van der Waals surface area (Å²) >= 11 is 1.73.